The van der Waals surface area contributed by atoms with Crippen LogP contribution in [0.2, 0.25) is 0 Å². The van der Waals surface area contributed by atoms with Gasteiger partial charge in [0.1, 0.15) is 0 Å². The average molecular weight is 208 g/mol. The molecule has 1 aliphatic rings. The normalized spacial score (nSPS) is 26.6. The van der Waals surface area contributed by atoms with Crippen LogP contribution in [0.15, 0.2) is 0 Å². The Hall–Kier alpha value is -0.130. The first-order chi connectivity index (χ1) is 6.04. The minimum Gasteiger partial charge on any atom is -0.248 e. The molecule has 0 bridgehead atoms. The van der Waals surface area contributed by atoms with Gasteiger partial charge >= 0.3 is 10.4 Å². The highest BCUT2D eigenvalue weighted by atomic mass is 32.3. The molecule has 1 rings (SSSR count). The number of hydrogen-bond acceptors (Lipinski definition) is 4. The fourth-order valence-corrected chi connectivity index (χ4v) is 2.68. The van der Waals surface area contributed by atoms with Crippen molar-refractivity contribution in [1.82, 2.24) is 0 Å². The van der Waals surface area contributed by atoms with Crippen molar-refractivity contribution in [3.05, 3.63) is 0 Å². The van der Waals surface area contributed by atoms with Crippen molar-refractivity contribution in [1.29, 1.82) is 0 Å². The molecule has 0 aliphatic carbocycles. The molecule has 5 heteroatoms. The van der Waals surface area contributed by atoms with Gasteiger partial charge in [-0.25, -0.2) is 8.37 Å². The molecule has 1 fully saturated rings. The molecule has 0 spiro atoms. The zero-order valence-corrected chi connectivity index (χ0v) is 8.89. The summed E-state index contributed by atoms with van der Waals surface area (Å²) in [6, 6.07) is 0. The van der Waals surface area contributed by atoms with Crippen LogP contribution >= 0.6 is 0 Å². The largest absolute Gasteiger partial charge is 0.400 e. The fraction of sp³-hybridized carbons (Fsp3) is 1.00. The van der Waals surface area contributed by atoms with Crippen LogP contribution in [0.5, 0.6) is 0 Å². The van der Waals surface area contributed by atoms with Gasteiger partial charge in [-0.1, -0.05) is 13.8 Å². The number of hydrogen-bond donors (Lipinski definition) is 0. The number of rotatable bonds is 2. The van der Waals surface area contributed by atoms with Gasteiger partial charge in [0.2, 0.25) is 0 Å². The Labute approximate surface area is 79.6 Å². The van der Waals surface area contributed by atoms with Crippen LogP contribution in [0.1, 0.15) is 39.5 Å². The van der Waals surface area contributed by atoms with Crippen molar-refractivity contribution in [2.24, 2.45) is 0 Å². The van der Waals surface area contributed by atoms with Crippen molar-refractivity contribution in [3.8, 4) is 0 Å². The van der Waals surface area contributed by atoms with Gasteiger partial charge in [-0.05, 0) is 25.7 Å². The van der Waals surface area contributed by atoms with E-state index in [9.17, 15) is 8.42 Å². The van der Waals surface area contributed by atoms with Gasteiger partial charge in [0.05, 0.1) is 12.2 Å². The van der Waals surface area contributed by atoms with Gasteiger partial charge in [-0.2, -0.15) is 8.42 Å². The minimum atomic E-state index is -3.75. The van der Waals surface area contributed by atoms with Crippen molar-refractivity contribution in [2.75, 3.05) is 6.61 Å². The highest BCUT2D eigenvalue weighted by molar-refractivity contribution is 7.81. The summed E-state index contributed by atoms with van der Waals surface area (Å²) in [5, 5.41) is 0. The first-order valence-corrected chi connectivity index (χ1v) is 5.97. The van der Waals surface area contributed by atoms with Gasteiger partial charge in [0.25, 0.3) is 0 Å². The summed E-state index contributed by atoms with van der Waals surface area (Å²) >= 11 is 0. The van der Waals surface area contributed by atoms with E-state index in [1.54, 1.807) is 0 Å². The Balaban J connectivity index is 2.85. The third-order valence-corrected chi connectivity index (χ3v) is 3.58. The second-order valence-corrected chi connectivity index (χ2v) is 4.53. The Morgan fingerprint density at radius 2 is 1.92 bits per heavy atom. The van der Waals surface area contributed by atoms with Crippen LogP contribution < -0.4 is 0 Å². The van der Waals surface area contributed by atoms with E-state index in [-0.39, 0.29) is 6.61 Å². The summed E-state index contributed by atoms with van der Waals surface area (Å²) in [6.45, 7) is 4.11. The second kappa shape index (κ2) is 3.94. The summed E-state index contributed by atoms with van der Waals surface area (Å²) in [5.41, 5.74) is -0.532. The van der Waals surface area contributed by atoms with Crippen LogP contribution in [-0.4, -0.2) is 20.6 Å². The quantitative estimate of drug-likeness (QED) is 0.692. The van der Waals surface area contributed by atoms with E-state index in [0.717, 1.165) is 12.8 Å². The molecule has 0 aromatic rings. The maximum absolute atomic E-state index is 11.2. The first-order valence-electron chi connectivity index (χ1n) is 4.63. The smallest absolute Gasteiger partial charge is 0.248 e. The Morgan fingerprint density at radius 1 is 1.31 bits per heavy atom. The van der Waals surface area contributed by atoms with Crippen molar-refractivity contribution in [3.63, 3.8) is 0 Å². The zero-order chi connectivity index (χ0) is 9.95. The van der Waals surface area contributed by atoms with Gasteiger partial charge in [0.15, 0.2) is 0 Å². The molecular formula is C8H16O4S. The van der Waals surface area contributed by atoms with Gasteiger partial charge < -0.3 is 0 Å². The van der Waals surface area contributed by atoms with E-state index < -0.39 is 16.0 Å². The zero-order valence-electron chi connectivity index (χ0n) is 8.08. The van der Waals surface area contributed by atoms with Crippen molar-refractivity contribution in [2.45, 2.75) is 45.1 Å². The summed E-state index contributed by atoms with van der Waals surface area (Å²) < 4.78 is 32.0. The molecule has 0 unspecified atom stereocenters. The van der Waals surface area contributed by atoms with E-state index in [2.05, 4.69) is 4.18 Å². The lowest BCUT2D eigenvalue weighted by Crippen LogP contribution is -2.32. The van der Waals surface area contributed by atoms with Gasteiger partial charge in [-0.15, -0.1) is 0 Å². The molecule has 1 heterocycles. The molecule has 0 N–H and O–H groups in total. The summed E-state index contributed by atoms with van der Waals surface area (Å²) in [6.07, 6.45) is 2.89. The standard InChI is InChI=1S/C8H16O4S/c1-3-8(4-2)6-5-7-11-13(9,10)12-8/h3-7H2,1-2H3. The Bertz CT molecular complexity index is 253. The van der Waals surface area contributed by atoms with Crippen molar-refractivity contribution < 1.29 is 16.8 Å². The van der Waals surface area contributed by atoms with E-state index in [1.807, 2.05) is 13.8 Å². The molecule has 0 aromatic heterocycles. The molecule has 0 radical (unpaired) electrons. The second-order valence-electron chi connectivity index (χ2n) is 3.31. The molecule has 1 saturated heterocycles. The molecule has 0 atom stereocenters. The molecule has 78 valence electrons. The lowest BCUT2D eigenvalue weighted by Gasteiger charge is -2.27. The van der Waals surface area contributed by atoms with Crippen LogP contribution in [0.25, 0.3) is 0 Å². The Kier molecular flexibility index (Phi) is 3.32. The third-order valence-electron chi connectivity index (χ3n) is 2.57. The molecule has 0 aromatic carbocycles. The lowest BCUT2D eigenvalue weighted by molar-refractivity contribution is 0.0556. The maximum Gasteiger partial charge on any atom is 0.400 e. The van der Waals surface area contributed by atoms with Crippen LogP contribution in [0.3, 0.4) is 0 Å². The van der Waals surface area contributed by atoms with Crippen LogP contribution in [0.4, 0.5) is 0 Å². The van der Waals surface area contributed by atoms with Gasteiger partial charge in [-0.3, -0.25) is 0 Å². The molecule has 0 saturated carbocycles. The van der Waals surface area contributed by atoms with E-state index in [1.165, 1.54) is 0 Å². The predicted molar refractivity (Wildman–Crippen MR) is 48.5 cm³/mol. The molecule has 1 aliphatic heterocycles. The SMILES string of the molecule is CCC1(CC)CCCOS(=O)(=O)O1. The summed E-state index contributed by atoms with van der Waals surface area (Å²) in [7, 11) is -3.75. The average Bonchev–Trinajstić information content (AvgIpc) is 2.24. The van der Waals surface area contributed by atoms with Crippen LogP contribution in [-0.2, 0) is 18.8 Å². The van der Waals surface area contributed by atoms with Crippen molar-refractivity contribution >= 4 is 10.4 Å². The van der Waals surface area contributed by atoms with E-state index in [4.69, 9.17) is 4.18 Å². The summed E-state index contributed by atoms with van der Waals surface area (Å²) in [4.78, 5) is 0. The maximum atomic E-state index is 11.2. The predicted octanol–water partition coefficient (Wildman–Crippen LogP) is 1.62. The highest BCUT2D eigenvalue weighted by Crippen LogP contribution is 2.31. The molecule has 13 heavy (non-hydrogen) atoms. The van der Waals surface area contributed by atoms with E-state index >= 15 is 0 Å². The third kappa shape index (κ3) is 2.65. The summed E-state index contributed by atoms with van der Waals surface area (Å²) in [5.74, 6) is 0. The minimum absolute atomic E-state index is 0.240. The monoisotopic (exact) mass is 208 g/mol. The first kappa shape index (κ1) is 10.9. The fourth-order valence-electron chi connectivity index (χ4n) is 1.56. The van der Waals surface area contributed by atoms with Crippen LogP contribution in [0, 0.1) is 0 Å². The topological polar surface area (TPSA) is 52.6 Å². The molecule has 4 nitrogen and oxygen atoms in total. The highest BCUT2D eigenvalue weighted by Gasteiger charge is 2.35. The molecule has 0 amide bonds. The lowest BCUT2D eigenvalue weighted by atomic mass is 9.92. The Morgan fingerprint density at radius 3 is 2.46 bits per heavy atom. The molecular weight excluding hydrogens is 192 g/mol. The van der Waals surface area contributed by atoms with E-state index in [0.29, 0.717) is 12.8 Å². The van der Waals surface area contributed by atoms with Gasteiger partial charge in [0, 0.05) is 0 Å².